The van der Waals surface area contributed by atoms with Crippen molar-refractivity contribution in [2.75, 3.05) is 13.2 Å². The molecule has 1 heterocycles. The maximum atomic E-state index is 8.90. The summed E-state index contributed by atoms with van der Waals surface area (Å²) in [5.41, 5.74) is 0.152. The zero-order valence-corrected chi connectivity index (χ0v) is 6.15. The van der Waals surface area contributed by atoms with Crippen LogP contribution < -0.4 is 5.32 Å². The predicted molar refractivity (Wildman–Crippen MR) is 37.3 cm³/mol. The van der Waals surface area contributed by atoms with Crippen molar-refractivity contribution in [2.24, 2.45) is 5.41 Å². The third-order valence-electron chi connectivity index (χ3n) is 2.06. The van der Waals surface area contributed by atoms with Crippen molar-refractivity contribution in [1.29, 1.82) is 0 Å². The third-order valence-corrected chi connectivity index (χ3v) is 2.06. The molecule has 2 nitrogen and oxygen atoms in total. The molecule has 0 spiro atoms. The van der Waals surface area contributed by atoms with E-state index >= 15 is 0 Å². The van der Waals surface area contributed by atoms with Gasteiger partial charge in [0.2, 0.25) is 0 Å². The minimum Gasteiger partial charge on any atom is -0.396 e. The topological polar surface area (TPSA) is 32.3 Å². The Kier molecular flexibility index (Phi) is 1.78. The molecular weight excluding hydrogens is 114 g/mol. The molecule has 0 saturated carbocycles. The van der Waals surface area contributed by atoms with Gasteiger partial charge in [0.25, 0.3) is 0 Å². The van der Waals surface area contributed by atoms with Gasteiger partial charge in [-0.25, -0.2) is 0 Å². The molecule has 0 aromatic carbocycles. The molecule has 0 aliphatic carbocycles. The molecule has 0 unspecified atom stereocenters. The number of hydrogen-bond acceptors (Lipinski definition) is 2. The second-order valence-electron chi connectivity index (χ2n) is 3.45. The van der Waals surface area contributed by atoms with Crippen LogP contribution in [0.3, 0.4) is 0 Å². The first-order chi connectivity index (χ1) is 4.16. The summed E-state index contributed by atoms with van der Waals surface area (Å²) in [5.74, 6) is 0. The first-order valence-electron chi connectivity index (χ1n) is 3.50. The monoisotopic (exact) mass is 129 g/mol. The second-order valence-corrected chi connectivity index (χ2v) is 3.45. The van der Waals surface area contributed by atoms with Gasteiger partial charge in [-0.2, -0.15) is 0 Å². The summed E-state index contributed by atoms with van der Waals surface area (Å²) < 4.78 is 0. The van der Waals surface area contributed by atoms with Crippen LogP contribution in [0.5, 0.6) is 0 Å². The zero-order chi connectivity index (χ0) is 6.91. The van der Waals surface area contributed by atoms with Crippen molar-refractivity contribution < 1.29 is 5.11 Å². The summed E-state index contributed by atoms with van der Waals surface area (Å²) in [6.07, 6.45) is 1.10. The standard InChI is InChI=1S/C7H15NO/c1-6-3-7(2,5-9)4-8-6/h6,8-9H,3-5H2,1-2H3/t6-,7-/m1/s1. The van der Waals surface area contributed by atoms with Gasteiger partial charge in [-0.3, -0.25) is 0 Å². The van der Waals surface area contributed by atoms with E-state index in [0.29, 0.717) is 12.6 Å². The number of aliphatic hydroxyl groups is 1. The fourth-order valence-corrected chi connectivity index (χ4v) is 1.42. The average Bonchev–Trinajstić information content (AvgIpc) is 2.13. The summed E-state index contributed by atoms with van der Waals surface area (Å²) in [6.45, 7) is 5.54. The largest absolute Gasteiger partial charge is 0.396 e. The molecule has 0 radical (unpaired) electrons. The van der Waals surface area contributed by atoms with E-state index < -0.39 is 0 Å². The minimum atomic E-state index is 0.152. The van der Waals surface area contributed by atoms with E-state index in [1.165, 1.54) is 0 Å². The van der Waals surface area contributed by atoms with Crippen molar-refractivity contribution in [3.8, 4) is 0 Å². The number of nitrogens with one attached hydrogen (secondary N) is 1. The van der Waals surface area contributed by atoms with E-state index in [1.54, 1.807) is 0 Å². The summed E-state index contributed by atoms with van der Waals surface area (Å²) >= 11 is 0. The lowest BCUT2D eigenvalue weighted by atomic mass is 9.89. The average molecular weight is 129 g/mol. The molecule has 0 aromatic heterocycles. The molecule has 1 aliphatic heterocycles. The third kappa shape index (κ3) is 1.43. The molecule has 1 aliphatic rings. The Bertz CT molecular complexity index is 105. The highest BCUT2D eigenvalue weighted by Gasteiger charge is 2.31. The quantitative estimate of drug-likeness (QED) is 0.536. The van der Waals surface area contributed by atoms with Crippen LogP contribution in [0.1, 0.15) is 20.3 Å². The highest BCUT2D eigenvalue weighted by atomic mass is 16.3. The van der Waals surface area contributed by atoms with Gasteiger partial charge in [0, 0.05) is 24.6 Å². The zero-order valence-electron chi connectivity index (χ0n) is 6.15. The Hall–Kier alpha value is -0.0800. The van der Waals surface area contributed by atoms with Gasteiger partial charge in [0.15, 0.2) is 0 Å². The number of hydrogen-bond donors (Lipinski definition) is 2. The van der Waals surface area contributed by atoms with Crippen LogP contribution in [0, 0.1) is 5.41 Å². The lowest BCUT2D eigenvalue weighted by Crippen LogP contribution is -2.24. The van der Waals surface area contributed by atoms with Gasteiger partial charge in [0.05, 0.1) is 0 Å². The van der Waals surface area contributed by atoms with E-state index in [4.69, 9.17) is 5.11 Å². The van der Waals surface area contributed by atoms with Gasteiger partial charge in [-0.1, -0.05) is 6.92 Å². The maximum Gasteiger partial charge on any atom is 0.0497 e. The van der Waals surface area contributed by atoms with E-state index in [2.05, 4.69) is 19.2 Å². The van der Waals surface area contributed by atoms with E-state index in [1.807, 2.05) is 0 Å². The molecule has 1 saturated heterocycles. The van der Waals surface area contributed by atoms with Crippen LogP contribution >= 0.6 is 0 Å². The van der Waals surface area contributed by atoms with Crippen molar-refractivity contribution >= 4 is 0 Å². The van der Waals surface area contributed by atoms with Crippen LogP contribution in [0.25, 0.3) is 0 Å². The highest BCUT2D eigenvalue weighted by molar-refractivity contribution is 4.87. The molecule has 2 N–H and O–H groups in total. The highest BCUT2D eigenvalue weighted by Crippen LogP contribution is 2.26. The molecule has 54 valence electrons. The second kappa shape index (κ2) is 2.27. The van der Waals surface area contributed by atoms with Gasteiger partial charge in [-0.15, -0.1) is 0 Å². The summed E-state index contributed by atoms with van der Waals surface area (Å²) in [4.78, 5) is 0. The Labute approximate surface area is 56.3 Å². The van der Waals surface area contributed by atoms with Crippen molar-refractivity contribution in [3.63, 3.8) is 0 Å². The van der Waals surface area contributed by atoms with Crippen LogP contribution in [0.4, 0.5) is 0 Å². The van der Waals surface area contributed by atoms with Crippen LogP contribution in [-0.4, -0.2) is 24.3 Å². The summed E-state index contributed by atoms with van der Waals surface area (Å²) in [6, 6.07) is 0.585. The fourth-order valence-electron chi connectivity index (χ4n) is 1.42. The predicted octanol–water partition coefficient (Wildman–Crippen LogP) is 0.367. The van der Waals surface area contributed by atoms with Crippen molar-refractivity contribution in [3.05, 3.63) is 0 Å². The number of aliphatic hydroxyl groups excluding tert-OH is 1. The van der Waals surface area contributed by atoms with E-state index in [9.17, 15) is 0 Å². The number of rotatable bonds is 1. The molecule has 1 rings (SSSR count). The molecule has 0 amide bonds. The van der Waals surface area contributed by atoms with Crippen molar-refractivity contribution in [2.45, 2.75) is 26.3 Å². The normalized spacial score (nSPS) is 43.7. The maximum absolute atomic E-state index is 8.90. The molecule has 0 bridgehead atoms. The molecule has 1 fully saturated rings. The smallest absolute Gasteiger partial charge is 0.0497 e. The van der Waals surface area contributed by atoms with Crippen molar-refractivity contribution in [1.82, 2.24) is 5.32 Å². The van der Waals surface area contributed by atoms with Crippen LogP contribution in [-0.2, 0) is 0 Å². The lowest BCUT2D eigenvalue weighted by molar-refractivity contribution is 0.158. The molecule has 0 aromatic rings. The Morgan fingerprint density at radius 3 is 2.67 bits per heavy atom. The fraction of sp³-hybridized carbons (Fsp3) is 1.00. The van der Waals surface area contributed by atoms with Crippen LogP contribution in [0.2, 0.25) is 0 Å². The summed E-state index contributed by atoms with van der Waals surface area (Å²) in [5, 5.41) is 12.2. The molecule has 2 heteroatoms. The molecule has 2 atom stereocenters. The SMILES string of the molecule is C[C@@H]1C[C@@](C)(CO)CN1. The van der Waals surface area contributed by atoms with E-state index in [0.717, 1.165) is 13.0 Å². The van der Waals surface area contributed by atoms with Gasteiger partial charge in [-0.05, 0) is 13.3 Å². The first-order valence-corrected chi connectivity index (χ1v) is 3.50. The lowest BCUT2D eigenvalue weighted by Gasteiger charge is -2.18. The summed E-state index contributed by atoms with van der Waals surface area (Å²) in [7, 11) is 0. The van der Waals surface area contributed by atoms with Gasteiger partial charge >= 0.3 is 0 Å². The van der Waals surface area contributed by atoms with Gasteiger partial charge < -0.3 is 10.4 Å². The Balaban J connectivity index is 2.45. The first kappa shape index (κ1) is 7.03. The molecular formula is C7H15NO. The Morgan fingerprint density at radius 1 is 1.78 bits per heavy atom. The van der Waals surface area contributed by atoms with Gasteiger partial charge in [0.1, 0.15) is 0 Å². The minimum absolute atomic E-state index is 0.152. The molecule has 9 heavy (non-hydrogen) atoms. The Morgan fingerprint density at radius 2 is 2.44 bits per heavy atom. The van der Waals surface area contributed by atoms with Crippen LogP contribution in [0.15, 0.2) is 0 Å². The van der Waals surface area contributed by atoms with E-state index in [-0.39, 0.29) is 5.41 Å².